The molecule has 1 amide bonds. The summed E-state index contributed by atoms with van der Waals surface area (Å²) in [6.07, 6.45) is 4.67. The zero-order chi connectivity index (χ0) is 20.1. The van der Waals surface area contributed by atoms with E-state index in [2.05, 4.69) is 25.2 Å². The number of nitrogens with zero attached hydrogens (tertiary/aromatic N) is 3. The number of nitrogens with one attached hydrogen (secondary N) is 2. The van der Waals surface area contributed by atoms with Crippen LogP contribution in [0.4, 0.5) is 5.82 Å². The molecule has 0 radical (unpaired) electrons. The van der Waals surface area contributed by atoms with Crippen molar-refractivity contribution in [3.05, 3.63) is 40.4 Å². The SMILES string of the molecule is CCc1cc(=O)[nH]c(-c2ccc(N3CCCC(CNC(=O)C(C)C)C3)nc2)n1. The molecule has 150 valence electrons. The number of hydrogen-bond donors (Lipinski definition) is 2. The van der Waals surface area contributed by atoms with Crippen LogP contribution in [-0.2, 0) is 11.2 Å². The average Bonchev–Trinajstić information content (AvgIpc) is 2.71. The van der Waals surface area contributed by atoms with Gasteiger partial charge in [-0.3, -0.25) is 9.59 Å². The van der Waals surface area contributed by atoms with Crippen molar-refractivity contribution in [2.24, 2.45) is 11.8 Å². The van der Waals surface area contributed by atoms with Crippen LogP contribution < -0.4 is 15.8 Å². The van der Waals surface area contributed by atoms with E-state index < -0.39 is 0 Å². The van der Waals surface area contributed by atoms with E-state index in [9.17, 15) is 9.59 Å². The monoisotopic (exact) mass is 383 g/mol. The van der Waals surface area contributed by atoms with Gasteiger partial charge in [-0.15, -0.1) is 0 Å². The third kappa shape index (κ3) is 4.97. The number of piperidine rings is 1. The number of aryl methyl sites for hydroxylation is 1. The molecule has 7 heteroatoms. The van der Waals surface area contributed by atoms with Gasteiger partial charge >= 0.3 is 0 Å². The first-order valence-corrected chi connectivity index (χ1v) is 10.1. The van der Waals surface area contributed by atoms with Crippen LogP contribution in [0.5, 0.6) is 0 Å². The molecule has 2 aromatic rings. The van der Waals surface area contributed by atoms with Crippen LogP contribution in [0.25, 0.3) is 11.4 Å². The predicted molar refractivity (Wildman–Crippen MR) is 110 cm³/mol. The molecular weight excluding hydrogens is 354 g/mol. The van der Waals surface area contributed by atoms with E-state index in [1.54, 1.807) is 6.20 Å². The number of anilines is 1. The van der Waals surface area contributed by atoms with Crippen LogP contribution in [0.15, 0.2) is 29.2 Å². The summed E-state index contributed by atoms with van der Waals surface area (Å²) in [4.78, 5) is 37.7. The summed E-state index contributed by atoms with van der Waals surface area (Å²) >= 11 is 0. The lowest BCUT2D eigenvalue weighted by Gasteiger charge is -2.33. The Balaban J connectivity index is 1.67. The van der Waals surface area contributed by atoms with E-state index in [1.807, 2.05) is 32.9 Å². The molecule has 3 rings (SSSR count). The summed E-state index contributed by atoms with van der Waals surface area (Å²) in [5, 5.41) is 3.04. The zero-order valence-electron chi connectivity index (χ0n) is 16.9. The Morgan fingerprint density at radius 3 is 2.89 bits per heavy atom. The van der Waals surface area contributed by atoms with Gasteiger partial charge in [0.05, 0.1) is 0 Å². The van der Waals surface area contributed by atoms with Gasteiger partial charge in [-0.1, -0.05) is 20.8 Å². The normalized spacial score (nSPS) is 17.0. The van der Waals surface area contributed by atoms with E-state index in [1.165, 1.54) is 6.07 Å². The molecule has 28 heavy (non-hydrogen) atoms. The van der Waals surface area contributed by atoms with Crippen molar-refractivity contribution in [1.82, 2.24) is 20.3 Å². The van der Waals surface area contributed by atoms with Crippen LogP contribution in [-0.4, -0.2) is 40.5 Å². The Labute approximate surface area is 165 Å². The predicted octanol–water partition coefficient (Wildman–Crippen LogP) is 2.38. The molecule has 1 aliphatic heterocycles. The van der Waals surface area contributed by atoms with E-state index in [0.717, 1.165) is 43.0 Å². The fourth-order valence-electron chi connectivity index (χ4n) is 3.43. The van der Waals surface area contributed by atoms with Gasteiger partial charge in [0.15, 0.2) is 0 Å². The van der Waals surface area contributed by atoms with Gasteiger partial charge in [-0.2, -0.15) is 0 Å². The van der Waals surface area contributed by atoms with Crippen molar-refractivity contribution < 1.29 is 4.79 Å². The second-order valence-electron chi connectivity index (χ2n) is 7.70. The second-order valence-corrected chi connectivity index (χ2v) is 7.70. The van der Waals surface area contributed by atoms with Crippen molar-refractivity contribution in [3.8, 4) is 11.4 Å². The first-order chi connectivity index (χ1) is 13.5. The van der Waals surface area contributed by atoms with Gasteiger partial charge in [0.1, 0.15) is 11.6 Å². The molecule has 0 saturated carbocycles. The zero-order valence-corrected chi connectivity index (χ0v) is 16.9. The van der Waals surface area contributed by atoms with E-state index >= 15 is 0 Å². The van der Waals surface area contributed by atoms with Crippen molar-refractivity contribution in [2.45, 2.75) is 40.0 Å². The highest BCUT2D eigenvalue weighted by molar-refractivity contribution is 5.77. The number of aromatic amines is 1. The van der Waals surface area contributed by atoms with Gasteiger partial charge < -0.3 is 15.2 Å². The highest BCUT2D eigenvalue weighted by Crippen LogP contribution is 2.23. The van der Waals surface area contributed by atoms with E-state index in [4.69, 9.17) is 0 Å². The summed E-state index contributed by atoms with van der Waals surface area (Å²) in [6, 6.07) is 5.45. The van der Waals surface area contributed by atoms with Crippen LogP contribution in [0, 0.1) is 11.8 Å². The number of amides is 1. The number of carbonyl (C=O) groups excluding carboxylic acids is 1. The standard InChI is InChI=1S/C21H29N5O2/c1-4-17-10-19(27)25-20(24-17)16-7-8-18(22-12-16)26-9-5-6-15(13-26)11-23-21(28)14(2)3/h7-8,10,12,14-15H,4-6,9,11,13H2,1-3H3,(H,23,28)(H,24,25,27). The minimum absolute atomic E-state index is 0.0140. The van der Waals surface area contributed by atoms with Crippen molar-refractivity contribution in [3.63, 3.8) is 0 Å². The minimum atomic E-state index is -0.145. The molecule has 1 saturated heterocycles. The summed E-state index contributed by atoms with van der Waals surface area (Å²) in [5.41, 5.74) is 1.42. The number of carbonyl (C=O) groups is 1. The maximum atomic E-state index is 11.8. The lowest BCUT2D eigenvalue weighted by atomic mass is 9.97. The summed E-state index contributed by atoms with van der Waals surface area (Å²) in [5.74, 6) is 2.02. The molecule has 0 aromatic carbocycles. The molecule has 1 atom stereocenters. The van der Waals surface area contributed by atoms with Gasteiger partial charge in [-0.25, -0.2) is 9.97 Å². The van der Waals surface area contributed by atoms with Gasteiger partial charge in [-0.05, 0) is 37.3 Å². The molecule has 2 aromatic heterocycles. The molecule has 1 aliphatic rings. The Morgan fingerprint density at radius 1 is 1.39 bits per heavy atom. The summed E-state index contributed by atoms with van der Waals surface area (Å²) in [7, 11) is 0. The van der Waals surface area contributed by atoms with Gasteiger partial charge in [0.25, 0.3) is 5.56 Å². The van der Waals surface area contributed by atoms with Crippen molar-refractivity contribution in [1.29, 1.82) is 0 Å². The third-order valence-corrected chi connectivity index (χ3v) is 5.11. The molecule has 3 heterocycles. The topological polar surface area (TPSA) is 91.0 Å². The molecule has 7 nitrogen and oxygen atoms in total. The first kappa shape index (κ1) is 20.0. The number of hydrogen-bond acceptors (Lipinski definition) is 5. The lowest BCUT2D eigenvalue weighted by molar-refractivity contribution is -0.124. The second kappa shape index (κ2) is 8.99. The highest BCUT2D eigenvalue weighted by atomic mass is 16.1. The van der Waals surface area contributed by atoms with Crippen LogP contribution in [0.1, 0.15) is 39.3 Å². The molecule has 0 aliphatic carbocycles. The molecule has 1 fully saturated rings. The van der Waals surface area contributed by atoms with Crippen molar-refractivity contribution >= 4 is 11.7 Å². The molecule has 0 spiro atoms. The van der Waals surface area contributed by atoms with Crippen LogP contribution in [0.2, 0.25) is 0 Å². The Kier molecular flexibility index (Phi) is 6.44. The summed E-state index contributed by atoms with van der Waals surface area (Å²) < 4.78 is 0. The fraction of sp³-hybridized carbons (Fsp3) is 0.524. The minimum Gasteiger partial charge on any atom is -0.356 e. The number of rotatable bonds is 6. The van der Waals surface area contributed by atoms with Crippen LogP contribution >= 0.6 is 0 Å². The molecule has 2 N–H and O–H groups in total. The fourth-order valence-corrected chi connectivity index (χ4v) is 3.43. The van der Waals surface area contributed by atoms with Gasteiger partial charge in [0.2, 0.25) is 5.91 Å². The average molecular weight is 383 g/mol. The number of pyridine rings is 1. The smallest absolute Gasteiger partial charge is 0.251 e. The van der Waals surface area contributed by atoms with Crippen molar-refractivity contribution in [2.75, 3.05) is 24.5 Å². The Bertz CT molecular complexity index is 860. The maximum Gasteiger partial charge on any atom is 0.251 e. The lowest BCUT2D eigenvalue weighted by Crippen LogP contribution is -2.42. The summed E-state index contributed by atoms with van der Waals surface area (Å²) in [6.45, 7) is 8.34. The number of H-pyrrole nitrogens is 1. The van der Waals surface area contributed by atoms with E-state index in [-0.39, 0.29) is 17.4 Å². The molecule has 0 bridgehead atoms. The van der Waals surface area contributed by atoms with E-state index in [0.29, 0.717) is 24.7 Å². The Morgan fingerprint density at radius 2 is 2.21 bits per heavy atom. The Hall–Kier alpha value is -2.70. The van der Waals surface area contributed by atoms with Crippen LogP contribution in [0.3, 0.4) is 0 Å². The highest BCUT2D eigenvalue weighted by Gasteiger charge is 2.22. The van der Waals surface area contributed by atoms with Gasteiger partial charge in [0, 0.05) is 49.1 Å². The molecule has 1 unspecified atom stereocenters. The largest absolute Gasteiger partial charge is 0.356 e. The quantitative estimate of drug-likeness (QED) is 0.799. The maximum absolute atomic E-state index is 11.8. The third-order valence-electron chi connectivity index (χ3n) is 5.11. The number of aromatic nitrogens is 3. The first-order valence-electron chi connectivity index (χ1n) is 10.1. The molecular formula is C21H29N5O2.